The topological polar surface area (TPSA) is 48.2 Å². The molecule has 0 N–H and O–H groups in total. The van der Waals surface area contributed by atoms with Gasteiger partial charge in [0.25, 0.3) is 0 Å². The van der Waals surface area contributed by atoms with Crippen LogP contribution in [0.2, 0.25) is 0 Å². The first-order valence-electron chi connectivity index (χ1n) is 6.24. The quantitative estimate of drug-likeness (QED) is 0.802. The second-order valence-electron chi connectivity index (χ2n) is 4.91. The van der Waals surface area contributed by atoms with E-state index in [0.717, 1.165) is 17.1 Å². The summed E-state index contributed by atoms with van der Waals surface area (Å²) >= 11 is 1.44. The molecule has 3 nitrogen and oxygen atoms in total. The van der Waals surface area contributed by atoms with Gasteiger partial charge in [-0.15, -0.1) is 11.8 Å². The predicted octanol–water partition coefficient (Wildman–Crippen LogP) is 3.46. The van der Waals surface area contributed by atoms with Crippen molar-refractivity contribution >= 4 is 32.9 Å². The van der Waals surface area contributed by atoms with Crippen molar-refractivity contribution in [1.82, 2.24) is 0 Å². The summed E-state index contributed by atoms with van der Waals surface area (Å²) in [5, 5.41) is 1.79. The Hall–Kier alpha value is -0.170. The van der Waals surface area contributed by atoms with E-state index < -0.39 is 10.0 Å². The van der Waals surface area contributed by atoms with Gasteiger partial charge < -0.3 is 4.13 Å². The molecule has 1 aromatic rings. The van der Waals surface area contributed by atoms with Gasteiger partial charge in [0.1, 0.15) is 20.4 Å². The van der Waals surface area contributed by atoms with E-state index in [1.54, 1.807) is 12.1 Å². The van der Waals surface area contributed by atoms with Gasteiger partial charge in [-0.2, -0.15) is 0 Å². The summed E-state index contributed by atoms with van der Waals surface area (Å²) in [6.45, 7) is 6.24. The molecule has 0 saturated carbocycles. The molecule has 0 amide bonds. The Labute approximate surface area is 123 Å². The van der Waals surface area contributed by atoms with E-state index in [1.165, 1.54) is 0 Å². The zero-order valence-electron chi connectivity index (χ0n) is 11.4. The fraction of sp³-hybridized carbons (Fsp3) is 0.538. The number of sulfonamides is 1. The van der Waals surface area contributed by atoms with Crippen LogP contribution in [0.5, 0.6) is 0 Å². The van der Waals surface area contributed by atoms with Crippen molar-refractivity contribution in [3.63, 3.8) is 0 Å². The third-order valence-electron chi connectivity index (χ3n) is 3.11. The molecule has 0 radical (unpaired) electrons. The Kier molecular flexibility index (Phi) is 4.87. The number of benzene rings is 1. The van der Waals surface area contributed by atoms with E-state index in [0.29, 0.717) is 15.4 Å². The lowest BCUT2D eigenvalue weighted by molar-refractivity contribution is 0.604. The highest BCUT2D eigenvalue weighted by atomic mass is 32.3. The van der Waals surface area contributed by atoms with E-state index in [1.807, 2.05) is 30.8 Å². The van der Waals surface area contributed by atoms with Crippen molar-refractivity contribution in [2.24, 2.45) is 0 Å². The van der Waals surface area contributed by atoms with Gasteiger partial charge in [0.2, 0.25) is 0 Å². The number of thioether (sulfide) groups is 1. The largest absolute Gasteiger partial charge is 0.311 e. The molecule has 19 heavy (non-hydrogen) atoms. The monoisotopic (exact) mass is 317 g/mol. The summed E-state index contributed by atoms with van der Waals surface area (Å²) in [6.07, 6.45) is 1.04. The third kappa shape index (κ3) is 3.90. The average molecular weight is 318 g/mol. The minimum absolute atomic E-state index is 0.307. The first-order valence-corrected chi connectivity index (χ1v) is 10.1. The molecule has 0 bridgehead atoms. The van der Waals surface area contributed by atoms with Crippen molar-refractivity contribution in [3.05, 3.63) is 34.0 Å². The fourth-order valence-electron chi connectivity index (χ4n) is 1.92. The van der Waals surface area contributed by atoms with E-state index >= 15 is 0 Å². The van der Waals surface area contributed by atoms with Crippen molar-refractivity contribution in [2.75, 3.05) is 5.08 Å². The number of hydrogen-bond acceptors (Lipinski definition) is 3. The van der Waals surface area contributed by atoms with Crippen molar-refractivity contribution < 1.29 is 8.42 Å². The Morgan fingerprint density at radius 2 is 1.89 bits per heavy atom. The van der Waals surface area contributed by atoms with Crippen LogP contribution >= 0.6 is 11.8 Å². The van der Waals surface area contributed by atoms with Gasteiger partial charge in [0.15, 0.2) is 0 Å². The number of rotatable bonds is 3. The maximum atomic E-state index is 12.3. The van der Waals surface area contributed by atoms with E-state index in [9.17, 15) is 8.42 Å². The van der Waals surface area contributed by atoms with Crippen LogP contribution < -0.4 is 0 Å². The first kappa shape index (κ1) is 15.2. The van der Waals surface area contributed by atoms with Crippen LogP contribution in [0.4, 0.5) is 0 Å². The van der Waals surface area contributed by atoms with Crippen LogP contribution in [-0.2, 0) is 21.1 Å². The number of aryl methyl sites for hydroxylation is 1. The predicted molar refractivity (Wildman–Crippen MR) is 85.1 cm³/mol. The molecular formula is C13H19NO2S3. The SMILES string of the molecule is Cc1ccc(S(=O)(=O)[N-][S+]2CSC(C)CC2C)cc1. The number of hydrogen-bond donors (Lipinski definition) is 0. The normalized spacial score (nSPS) is 28.3. The van der Waals surface area contributed by atoms with Crippen molar-refractivity contribution in [3.8, 4) is 0 Å². The molecule has 106 valence electrons. The van der Waals surface area contributed by atoms with Gasteiger partial charge in [0, 0.05) is 11.7 Å². The summed E-state index contributed by atoms with van der Waals surface area (Å²) < 4.78 is 28.7. The lowest BCUT2D eigenvalue weighted by Gasteiger charge is -2.32. The molecule has 1 aromatic carbocycles. The molecule has 0 spiro atoms. The van der Waals surface area contributed by atoms with Gasteiger partial charge in [0.05, 0.1) is 4.90 Å². The van der Waals surface area contributed by atoms with Gasteiger partial charge in [-0.3, -0.25) is 0 Å². The Balaban J connectivity index is 2.11. The Morgan fingerprint density at radius 1 is 1.26 bits per heavy atom. The highest BCUT2D eigenvalue weighted by molar-refractivity contribution is 8.22. The molecule has 0 aliphatic carbocycles. The highest BCUT2D eigenvalue weighted by Gasteiger charge is 2.30. The maximum absolute atomic E-state index is 12.3. The molecule has 1 heterocycles. The molecule has 1 fully saturated rings. The molecule has 1 aliphatic rings. The minimum atomic E-state index is -3.50. The number of nitrogens with zero attached hydrogens (tertiary/aromatic N) is 1. The standard InChI is InChI=1S/C13H19NO2S3/c1-10-4-6-13(7-5-10)19(15,16)14-18-9-17-11(2)8-12(18)3/h4-7,11-12H,8-9H2,1-3H3. The van der Waals surface area contributed by atoms with Crippen LogP contribution in [0.1, 0.15) is 25.8 Å². The van der Waals surface area contributed by atoms with Crippen LogP contribution in [0.15, 0.2) is 29.2 Å². The summed E-state index contributed by atoms with van der Waals surface area (Å²) in [5.41, 5.74) is 1.05. The lowest BCUT2D eigenvalue weighted by atomic mass is 10.2. The van der Waals surface area contributed by atoms with E-state index in [4.69, 9.17) is 0 Å². The average Bonchev–Trinajstić information content (AvgIpc) is 2.33. The van der Waals surface area contributed by atoms with Gasteiger partial charge in [-0.1, -0.05) is 35.7 Å². The molecule has 1 saturated heterocycles. The highest BCUT2D eigenvalue weighted by Crippen LogP contribution is 2.36. The summed E-state index contributed by atoms with van der Waals surface area (Å²) in [5.74, 6) is 0. The van der Waals surface area contributed by atoms with Crippen LogP contribution in [-0.4, -0.2) is 24.0 Å². The van der Waals surface area contributed by atoms with Crippen molar-refractivity contribution in [2.45, 2.75) is 42.6 Å². The molecule has 3 atom stereocenters. The maximum Gasteiger partial charge on any atom is 0.142 e. The second kappa shape index (κ2) is 6.08. The molecule has 0 aromatic heterocycles. The van der Waals surface area contributed by atoms with Gasteiger partial charge in [-0.05, 0) is 26.0 Å². The lowest BCUT2D eigenvalue weighted by Crippen LogP contribution is -2.29. The van der Waals surface area contributed by atoms with Crippen LogP contribution in [0.3, 0.4) is 0 Å². The first-order chi connectivity index (χ1) is 8.88. The minimum Gasteiger partial charge on any atom is -0.311 e. The zero-order valence-corrected chi connectivity index (χ0v) is 13.8. The third-order valence-corrected chi connectivity index (χ3v) is 8.93. The van der Waals surface area contributed by atoms with Crippen molar-refractivity contribution in [1.29, 1.82) is 0 Å². The molecule has 6 heteroatoms. The molecule has 3 unspecified atom stereocenters. The summed E-state index contributed by atoms with van der Waals surface area (Å²) in [4.78, 5) is 0.307. The Morgan fingerprint density at radius 3 is 2.47 bits per heavy atom. The molecule has 2 rings (SSSR count). The zero-order chi connectivity index (χ0) is 14.0. The van der Waals surface area contributed by atoms with Gasteiger partial charge >= 0.3 is 0 Å². The Bertz CT molecular complexity index is 527. The van der Waals surface area contributed by atoms with Crippen LogP contribution in [0, 0.1) is 6.92 Å². The fourth-order valence-corrected chi connectivity index (χ4v) is 8.38. The van der Waals surface area contributed by atoms with Crippen LogP contribution in [0.25, 0.3) is 4.13 Å². The van der Waals surface area contributed by atoms with E-state index in [2.05, 4.69) is 18.0 Å². The van der Waals surface area contributed by atoms with E-state index in [-0.39, 0.29) is 11.1 Å². The van der Waals surface area contributed by atoms with Gasteiger partial charge in [-0.25, -0.2) is 8.42 Å². The summed E-state index contributed by atoms with van der Waals surface area (Å²) in [7, 11) is -3.50. The molecular weight excluding hydrogens is 298 g/mol. The second-order valence-corrected chi connectivity index (χ2v) is 10.6. The smallest absolute Gasteiger partial charge is 0.142 e. The molecule has 1 aliphatic heterocycles. The summed E-state index contributed by atoms with van der Waals surface area (Å²) in [6, 6.07) is 6.91.